The van der Waals surface area contributed by atoms with E-state index in [-0.39, 0.29) is 6.10 Å². The fourth-order valence-corrected chi connectivity index (χ4v) is 2.70. The van der Waals surface area contributed by atoms with Crippen molar-refractivity contribution >= 4 is 0 Å². The van der Waals surface area contributed by atoms with Crippen molar-refractivity contribution < 1.29 is 5.11 Å². The van der Waals surface area contributed by atoms with Crippen LogP contribution in [-0.4, -0.2) is 35.7 Å². The molecule has 1 unspecified atom stereocenters. The zero-order valence-electron chi connectivity index (χ0n) is 10.2. The standard InChI is InChI=1S/C13H25NO/c1-10(2)11-5-7-14(8-6-11)9-13(15)12-3-4-12/h10-13,15H,3-9H2,1-2H3. The molecule has 2 fully saturated rings. The Morgan fingerprint density at radius 2 is 1.67 bits per heavy atom. The average Bonchev–Trinajstić information content (AvgIpc) is 3.01. The van der Waals surface area contributed by atoms with Gasteiger partial charge in [-0.15, -0.1) is 0 Å². The third kappa shape index (κ3) is 3.18. The van der Waals surface area contributed by atoms with Gasteiger partial charge in [0.1, 0.15) is 0 Å². The van der Waals surface area contributed by atoms with Crippen LogP contribution in [0.15, 0.2) is 0 Å². The molecule has 0 amide bonds. The van der Waals surface area contributed by atoms with Crippen molar-refractivity contribution in [2.45, 2.75) is 45.6 Å². The molecule has 15 heavy (non-hydrogen) atoms. The SMILES string of the molecule is CC(C)C1CCN(CC(O)C2CC2)CC1. The molecule has 1 atom stereocenters. The summed E-state index contributed by atoms with van der Waals surface area (Å²) in [5.74, 6) is 2.38. The van der Waals surface area contributed by atoms with Gasteiger partial charge in [0.15, 0.2) is 0 Å². The van der Waals surface area contributed by atoms with E-state index >= 15 is 0 Å². The minimum Gasteiger partial charge on any atom is -0.392 e. The van der Waals surface area contributed by atoms with Gasteiger partial charge in [-0.3, -0.25) is 0 Å². The number of aliphatic hydroxyl groups is 1. The fraction of sp³-hybridized carbons (Fsp3) is 1.00. The number of aliphatic hydroxyl groups excluding tert-OH is 1. The molecule has 2 nitrogen and oxygen atoms in total. The minimum atomic E-state index is -0.0411. The first kappa shape index (κ1) is 11.4. The van der Waals surface area contributed by atoms with Gasteiger partial charge in [-0.2, -0.15) is 0 Å². The molecule has 0 spiro atoms. The van der Waals surface area contributed by atoms with Gasteiger partial charge in [-0.05, 0) is 56.5 Å². The van der Waals surface area contributed by atoms with Crippen LogP contribution < -0.4 is 0 Å². The lowest BCUT2D eigenvalue weighted by Gasteiger charge is -2.34. The van der Waals surface area contributed by atoms with Crippen molar-refractivity contribution in [3.05, 3.63) is 0 Å². The number of likely N-dealkylation sites (tertiary alicyclic amines) is 1. The van der Waals surface area contributed by atoms with Crippen LogP contribution in [0.2, 0.25) is 0 Å². The predicted octanol–water partition coefficient (Wildman–Crippen LogP) is 2.13. The molecule has 2 rings (SSSR count). The van der Waals surface area contributed by atoms with Gasteiger partial charge >= 0.3 is 0 Å². The van der Waals surface area contributed by atoms with E-state index in [0.29, 0.717) is 5.92 Å². The molecule has 0 aromatic rings. The molecule has 1 saturated carbocycles. The van der Waals surface area contributed by atoms with Crippen LogP contribution in [0, 0.1) is 17.8 Å². The molecule has 0 aromatic heterocycles. The first-order chi connectivity index (χ1) is 7.16. The largest absolute Gasteiger partial charge is 0.392 e. The molecule has 1 heterocycles. The maximum absolute atomic E-state index is 9.87. The molecular formula is C13H25NO. The highest BCUT2D eigenvalue weighted by Gasteiger charge is 2.32. The lowest BCUT2D eigenvalue weighted by Crippen LogP contribution is -2.40. The van der Waals surface area contributed by atoms with Crippen molar-refractivity contribution in [1.29, 1.82) is 0 Å². The Kier molecular flexibility index (Phi) is 3.68. The van der Waals surface area contributed by atoms with E-state index in [1.807, 2.05) is 0 Å². The number of nitrogens with zero attached hydrogens (tertiary/aromatic N) is 1. The smallest absolute Gasteiger partial charge is 0.0695 e. The van der Waals surface area contributed by atoms with Gasteiger partial charge < -0.3 is 10.0 Å². The van der Waals surface area contributed by atoms with Crippen molar-refractivity contribution in [3.63, 3.8) is 0 Å². The number of piperidine rings is 1. The van der Waals surface area contributed by atoms with E-state index < -0.39 is 0 Å². The van der Waals surface area contributed by atoms with E-state index in [4.69, 9.17) is 0 Å². The molecule has 1 aliphatic heterocycles. The van der Waals surface area contributed by atoms with Crippen molar-refractivity contribution in [1.82, 2.24) is 4.90 Å². The summed E-state index contributed by atoms with van der Waals surface area (Å²) in [5.41, 5.74) is 0. The highest BCUT2D eigenvalue weighted by atomic mass is 16.3. The molecular weight excluding hydrogens is 186 g/mol. The lowest BCUT2D eigenvalue weighted by atomic mass is 9.86. The third-order valence-electron chi connectivity index (χ3n) is 4.19. The van der Waals surface area contributed by atoms with Crippen LogP contribution >= 0.6 is 0 Å². The van der Waals surface area contributed by atoms with E-state index in [1.54, 1.807) is 0 Å². The zero-order valence-corrected chi connectivity index (χ0v) is 10.2. The Morgan fingerprint density at radius 1 is 1.07 bits per heavy atom. The van der Waals surface area contributed by atoms with Crippen LogP contribution in [0.1, 0.15) is 39.5 Å². The van der Waals surface area contributed by atoms with E-state index in [9.17, 15) is 5.11 Å². The average molecular weight is 211 g/mol. The highest BCUT2D eigenvalue weighted by molar-refractivity contribution is 4.84. The summed E-state index contributed by atoms with van der Waals surface area (Å²) in [4.78, 5) is 2.46. The number of β-amino-alcohol motifs (C(OH)–C–C–N with tert-alkyl or cyclic N) is 1. The summed E-state index contributed by atoms with van der Waals surface area (Å²) in [6.07, 6.45) is 5.12. The Morgan fingerprint density at radius 3 is 2.13 bits per heavy atom. The van der Waals surface area contributed by atoms with Crippen molar-refractivity contribution in [3.8, 4) is 0 Å². The molecule has 1 saturated heterocycles. The minimum absolute atomic E-state index is 0.0411. The summed E-state index contributed by atoms with van der Waals surface area (Å²) in [6.45, 7) is 7.99. The molecule has 1 aliphatic carbocycles. The third-order valence-corrected chi connectivity index (χ3v) is 4.19. The Labute approximate surface area is 93.7 Å². The zero-order chi connectivity index (χ0) is 10.8. The maximum atomic E-state index is 9.87. The Balaban J connectivity index is 1.68. The lowest BCUT2D eigenvalue weighted by molar-refractivity contribution is 0.0697. The van der Waals surface area contributed by atoms with Gasteiger partial charge in [0.05, 0.1) is 6.10 Å². The number of hydrogen-bond acceptors (Lipinski definition) is 2. The van der Waals surface area contributed by atoms with Crippen LogP contribution in [0.3, 0.4) is 0 Å². The molecule has 88 valence electrons. The Bertz CT molecular complexity index is 193. The van der Waals surface area contributed by atoms with Crippen LogP contribution in [0.5, 0.6) is 0 Å². The first-order valence-corrected chi connectivity index (χ1v) is 6.57. The van der Waals surface area contributed by atoms with Crippen molar-refractivity contribution in [2.24, 2.45) is 17.8 Å². The molecule has 1 N–H and O–H groups in total. The topological polar surface area (TPSA) is 23.5 Å². The van der Waals surface area contributed by atoms with E-state index in [0.717, 1.165) is 18.4 Å². The summed E-state index contributed by atoms with van der Waals surface area (Å²) >= 11 is 0. The summed E-state index contributed by atoms with van der Waals surface area (Å²) in [6, 6.07) is 0. The molecule has 0 aromatic carbocycles. The second-order valence-corrected chi connectivity index (χ2v) is 5.79. The molecule has 2 heteroatoms. The Hall–Kier alpha value is -0.0800. The maximum Gasteiger partial charge on any atom is 0.0695 e. The molecule has 2 aliphatic rings. The fourth-order valence-electron chi connectivity index (χ4n) is 2.70. The number of rotatable bonds is 4. The van der Waals surface area contributed by atoms with Gasteiger partial charge in [0, 0.05) is 6.54 Å². The number of hydrogen-bond donors (Lipinski definition) is 1. The van der Waals surface area contributed by atoms with Crippen LogP contribution in [-0.2, 0) is 0 Å². The summed E-state index contributed by atoms with van der Waals surface area (Å²) < 4.78 is 0. The van der Waals surface area contributed by atoms with Crippen molar-refractivity contribution in [2.75, 3.05) is 19.6 Å². The second-order valence-electron chi connectivity index (χ2n) is 5.79. The molecule has 0 radical (unpaired) electrons. The highest BCUT2D eigenvalue weighted by Crippen LogP contribution is 2.33. The van der Waals surface area contributed by atoms with Gasteiger partial charge in [-0.25, -0.2) is 0 Å². The van der Waals surface area contributed by atoms with Crippen LogP contribution in [0.25, 0.3) is 0 Å². The quantitative estimate of drug-likeness (QED) is 0.770. The second kappa shape index (κ2) is 4.84. The first-order valence-electron chi connectivity index (χ1n) is 6.57. The summed E-state index contributed by atoms with van der Waals surface area (Å²) in [7, 11) is 0. The molecule has 0 bridgehead atoms. The van der Waals surface area contributed by atoms with Gasteiger partial charge in [0.2, 0.25) is 0 Å². The van der Waals surface area contributed by atoms with Crippen LogP contribution in [0.4, 0.5) is 0 Å². The van der Waals surface area contributed by atoms with Gasteiger partial charge in [-0.1, -0.05) is 13.8 Å². The normalized spacial score (nSPS) is 27.2. The van der Waals surface area contributed by atoms with E-state index in [2.05, 4.69) is 18.7 Å². The van der Waals surface area contributed by atoms with Gasteiger partial charge in [0.25, 0.3) is 0 Å². The monoisotopic (exact) mass is 211 g/mol. The predicted molar refractivity (Wildman–Crippen MR) is 62.7 cm³/mol. The summed E-state index contributed by atoms with van der Waals surface area (Å²) in [5, 5.41) is 9.87. The van der Waals surface area contributed by atoms with E-state index in [1.165, 1.54) is 38.8 Å².